The molecule has 1 aromatic rings. The number of amides is 1. The molecule has 0 radical (unpaired) electrons. The van der Waals surface area contributed by atoms with Gasteiger partial charge < -0.3 is 14.8 Å². The van der Waals surface area contributed by atoms with Crippen LogP contribution in [0.3, 0.4) is 0 Å². The molecule has 0 spiro atoms. The minimum absolute atomic E-state index is 0.0476. The van der Waals surface area contributed by atoms with Crippen molar-refractivity contribution in [1.82, 2.24) is 5.32 Å². The van der Waals surface area contributed by atoms with E-state index in [2.05, 4.69) is 5.32 Å². The molecule has 0 saturated heterocycles. The van der Waals surface area contributed by atoms with Crippen molar-refractivity contribution < 1.29 is 14.3 Å². The highest BCUT2D eigenvalue weighted by Crippen LogP contribution is 2.33. The van der Waals surface area contributed by atoms with Crippen molar-refractivity contribution in [1.29, 1.82) is 0 Å². The molecule has 0 bridgehead atoms. The van der Waals surface area contributed by atoms with Crippen LogP contribution >= 0.6 is 0 Å². The van der Waals surface area contributed by atoms with Crippen molar-refractivity contribution in [2.45, 2.75) is 38.6 Å². The van der Waals surface area contributed by atoms with Gasteiger partial charge in [0.2, 0.25) is 0 Å². The Balaban J connectivity index is 2.29. The Morgan fingerprint density at radius 2 is 1.95 bits per heavy atom. The van der Waals surface area contributed by atoms with Gasteiger partial charge >= 0.3 is 0 Å². The van der Waals surface area contributed by atoms with Gasteiger partial charge in [-0.25, -0.2) is 0 Å². The number of hydrogen-bond donors (Lipinski definition) is 1. The SMILES string of the molecule is CC=Cc1cc(C(=O)NC2CCCC2)cc(OC)c1OC. The lowest BCUT2D eigenvalue weighted by Crippen LogP contribution is -2.32. The molecule has 114 valence electrons. The van der Waals surface area contributed by atoms with Gasteiger partial charge in [0.05, 0.1) is 14.2 Å². The minimum atomic E-state index is -0.0476. The Hall–Kier alpha value is -1.97. The number of nitrogens with one attached hydrogen (secondary N) is 1. The van der Waals surface area contributed by atoms with E-state index in [0.717, 1.165) is 18.4 Å². The van der Waals surface area contributed by atoms with Crippen molar-refractivity contribution in [2.24, 2.45) is 0 Å². The molecule has 0 aliphatic heterocycles. The van der Waals surface area contributed by atoms with Crippen molar-refractivity contribution >= 4 is 12.0 Å². The Morgan fingerprint density at radius 1 is 1.24 bits per heavy atom. The summed E-state index contributed by atoms with van der Waals surface area (Å²) in [5.74, 6) is 1.17. The number of methoxy groups -OCH3 is 2. The predicted octanol–water partition coefficient (Wildman–Crippen LogP) is 3.41. The average molecular weight is 289 g/mol. The summed E-state index contributed by atoms with van der Waals surface area (Å²) < 4.78 is 10.7. The number of benzene rings is 1. The van der Waals surface area contributed by atoms with E-state index in [9.17, 15) is 4.79 Å². The van der Waals surface area contributed by atoms with Gasteiger partial charge in [-0.3, -0.25) is 4.79 Å². The van der Waals surface area contributed by atoms with Crippen LogP contribution in [0.15, 0.2) is 18.2 Å². The predicted molar refractivity (Wildman–Crippen MR) is 84.0 cm³/mol. The largest absolute Gasteiger partial charge is 0.493 e. The smallest absolute Gasteiger partial charge is 0.251 e. The molecule has 2 rings (SSSR count). The first-order valence-corrected chi connectivity index (χ1v) is 7.39. The zero-order valence-electron chi connectivity index (χ0n) is 12.9. The molecule has 0 unspecified atom stereocenters. The fourth-order valence-electron chi connectivity index (χ4n) is 2.77. The van der Waals surface area contributed by atoms with E-state index in [0.29, 0.717) is 23.1 Å². The highest BCUT2D eigenvalue weighted by molar-refractivity contribution is 5.96. The second-order valence-corrected chi connectivity index (χ2v) is 5.26. The van der Waals surface area contributed by atoms with Gasteiger partial charge in [0, 0.05) is 17.2 Å². The van der Waals surface area contributed by atoms with Gasteiger partial charge in [0.15, 0.2) is 11.5 Å². The van der Waals surface area contributed by atoms with Gasteiger partial charge in [-0.1, -0.05) is 25.0 Å². The molecule has 4 heteroatoms. The number of hydrogen-bond acceptors (Lipinski definition) is 3. The van der Waals surface area contributed by atoms with Crippen molar-refractivity contribution in [3.05, 3.63) is 29.3 Å². The van der Waals surface area contributed by atoms with Crippen molar-refractivity contribution in [2.75, 3.05) is 14.2 Å². The van der Waals surface area contributed by atoms with E-state index in [1.165, 1.54) is 12.8 Å². The van der Waals surface area contributed by atoms with E-state index in [-0.39, 0.29) is 5.91 Å². The summed E-state index contributed by atoms with van der Waals surface area (Å²) in [4.78, 5) is 12.4. The standard InChI is InChI=1S/C17H23NO3/c1-4-7-12-10-13(11-15(20-2)16(12)21-3)17(19)18-14-8-5-6-9-14/h4,7,10-11,14H,5-6,8-9H2,1-3H3,(H,18,19). The fourth-order valence-corrected chi connectivity index (χ4v) is 2.77. The van der Waals surface area contributed by atoms with Crippen LogP contribution in [0.1, 0.15) is 48.5 Å². The first kappa shape index (κ1) is 15.4. The fraction of sp³-hybridized carbons (Fsp3) is 0.471. The molecule has 21 heavy (non-hydrogen) atoms. The molecule has 1 aliphatic carbocycles. The summed E-state index contributed by atoms with van der Waals surface area (Å²) in [5.41, 5.74) is 1.45. The molecule has 1 aromatic carbocycles. The molecule has 0 aromatic heterocycles. The van der Waals surface area contributed by atoms with E-state index < -0.39 is 0 Å². The van der Waals surface area contributed by atoms with Crippen LogP contribution in [-0.4, -0.2) is 26.2 Å². The first-order valence-electron chi connectivity index (χ1n) is 7.39. The summed E-state index contributed by atoms with van der Waals surface area (Å²) >= 11 is 0. The van der Waals surface area contributed by atoms with Gasteiger partial charge in [0.25, 0.3) is 5.91 Å². The maximum Gasteiger partial charge on any atom is 0.251 e. The van der Waals surface area contributed by atoms with E-state index in [1.54, 1.807) is 20.3 Å². The molecule has 1 N–H and O–H groups in total. The zero-order valence-corrected chi connectivity index (χ0v) is 12.9. The molecule has 1 fully saturated rings. The molecule has 1 aliphatic rings. The number of carbonyl (C=O) groups excluding carboxylic acids is 1. The van der Waals surface area contributed by atoms with E-state index >= 15 is 0 Å². The third-order valence-corrected chi connectivity index (χ3v) is 3.81. The molecular weight excluding hydrogens is 266 g/mol. The summed E-state index contributed by atoms with van der Waals surface area (Å²) in [6.45, 7) is 1.93. The second-order valence-electron chi connectivity index (χ2n) is 5.26. The minimum Gasteiger partial charge on any atom is -0.493 e. The Kier molecular flexibility index (Phi) is 5.26. The quantitative estimate of drug-likeness (QED) is 0.903. The van der Waals surface area contributed by atoms with Gasteiger partial charge in [-0.2, -0.15) is 0 Å². The lowest BCUT2D eigenvalue weighted by molar-refractivity contribution is 0.0937. The van der Waals surface area contributed by atoms with Gasteiger partial charge in [0.1, 0.15) is 0 Å². The van der Waals surface area contributed by atoms with E-state index in [4.69, 9.17) is 9.47 Å². The highest BCUT2D eigenvalue weighted by atomic mass is 16.5. The van der Waals surface area contributed by atoms with Crippen LogP contribution in [0.5, 0.6) is 11.5 Å². The molecule has 1 saturated carbocycles. The lowest BCUT2D eigenvalue weighted by Gasteiger charge is -2.15. The maximum absolute atomic E-state index is 12.4. The van der Waals surface area contributed by atoms with Crippen LogP contribution in [0, 0.1) is 0 Å². The molecular formula is C17H23NO3. The molecule has 4 nitrogen and oxygen atoms in total. The number of ether oxygens (including phenoxy) is 2. The summed E-state index contributed by atoms with van der Waals surface area (Å²) in [5, 5.41) is 3.09. The average Bonchev–Trinajstić information content (AvgIpc) is 2.99. The monoisotopic (exact) mass is 289 g/mol. The molecule has 0 atom stereocenters. The van der Waals surface area contributed by atoms with Crippen molar-refractivity contribution in [3.8, 4) is 11.5 Å². The zero-order chi connectivity index (χ0) is 15.2. The Labute approximate surface area is 126 Å². The Bertz CT molecular complexity index is 531. The topological polar surface area (TPSA) is 47.6 Å². The van der Waals surface area contributed by atoms with Crippen LogP contribution in [0.4, 0.5) is 0 Å². The van der Waals surface area contributed by atoms with E-state index in [1.807, 2.05) is 25.1 Å². The summed E-state index contributed by atoms with van der Waals surface area (Å²) in [7, 11) is 3.18. The highest BCUT2D eigenvalue weighted by Gasteiger charge is 2.20. The van der Waals surface area contributed by atoms with Crippen LogP contribution in [0.25, 0.3) is 6.08 Å². The molecule has 0 heterocycles. The van der Waals surface area contributed by atoms with Crippen LogP contribution in [-0.2, 0) is 0 Å². The third kappa shape index (κ3) is 3.57. The normalized spacial score (nSPS) is 15.4. The molecule has 1 amide bonds. The third-order valence-electron chi connectivity index (χ3n) is 3.81. The number of carbonyl (C=O) groups is 1. The van der Waals surface area contributed by atoms with Gasteiger partial charge in [-0.15, -0.1) is 0 Å². The van der Waals surface area contributed by atoms with Crippen molar-refractivity contribution in [3.63, 3.8) is 0 Å². The number of rotatable bonds is 5. The first-order chi connectivity index (χ1) is 10.2. The Morgan fingerprint density at radius 3 is 2.52 bits per heavy atom. The second kappa shape index (κ2) is 7.16. The lowest BCUT2D eigenvalue weighted by atomic mass is 10.1. The summed E-state index contributed by atoms with van der Waals surface area (Å²) in [6.07, 6.45) is 8.35. The van der Waals surface area contributed by atoms with Crippen LogP contribution in [0.2, 0.25) is 0 Å². The van der Waals surface area contributed by atoms with Crippen LogP contribution < -0.4 is 14.8 Å². The number of allylic oxidation sites excluding steroid dienone is 1. The maximum atomic E-state index is 12.4. The summed E-state index contributed by atoms with van der Waals surface area (Å²) in [6, 6.07) is 3.87. The van der Waals surface area contributed by atoms with Gasteiger partial charge in [-0.05, 0) is 31.9 Å².